The first-order chi connectivity index (χ1) is 9.83. The van der Waals surface area contributed by atoms with Gasteiger partial charge in [0, 0.05) is 24.1 Å². The zero-order chi connectivity index (χ0) is 13.8. The van der Waals surface area contributed by atoms with Crippen LogP contribution in [0.2, 0.25) is 0 Å². The Morgan fingerprint density at radius 1 is 1.30 bits per heavy atom. The number of ether oxygens (including phenoxy) is 1. The average Bonchev–Trinajstić information content (AvgIpc) is 3.12. The molecule has 102 valence electrons. The van der Waals surface area contributed by atoms with E-state index in [-0.39, 0.29) is 11.8 Å². The topological polar surface area (TPSA) is 51.5 Å². The Hall–Kier alpha value is -2.49. The maximum Gasteiger partial charge on any atom is 0.244 e. The van der Waals surface area contributed by atoms with Crippen LogP contribution < -0.4 is 10.1 Å². The van der Waals surface area contributed by atoms with Gasteiger partial charge in [0.25, 0.3) is 0 Å². The third-order valence-electron chi connectivity index (χ3n) is 3.26. The lowest BCUT2D eigenvalue weighted by atomic mass is 10.0. The molecule has 0 aliphatic carbocycles. The molecule has 1 aliphatic rings. The fourth-order valence-corrected chi connectivity index (χ4v) is 2.22. The molecule has 2 aromatic rings. The summed E-state index contributed by atoms with van der Waals surface area (Å²) in [5.74, 6) is 1.66. The Morgan fingerprint density at radius 2 is 2.20 bits per heavy atom. The number of fused-ring (bicyclic) bond motifs is 1. The summed E-state index contributed by atoms with van der Waals surface area (Å²) in [6.07, 6.45) is 4.69. The normalized spacial score (nSPS) is 16.9. The Kier molecular flexibility index (Phi) is 3.54. The van der Waals surface area contributed by atoms with Gasteiger partial charge in [-0.05, 0) is 24.3 Å². The Balaban J connectivity index is 1.54. The van der Waals surface area contributed by atoms with E-state index >= 15 is 0 Å². The van der Waals surface area contributed by atoms with E-state index in [1.807, 2.05) is 24.3 Å². The molecule has 1 N–H and O–H groups in total. The van der Waals surface area contributed by atoms with Crippen LogP contribution in [0.4, 0.5) is 0 Å². The van der Waals surface area contributed by atoms with E-state index in [9.17, 15) is 4.79 Å². The second kappa shape index (κ2) is 5.65. The number of hydrogen-bond acceptors (Lipinski definition) is 3. The lowest BCUT2D eigenvalue weighted by molar-refractivity contribution is -0.116. The van der Waals surface area contributed by atoms with E-state index in [1.165, 1.54) is 6.08 Å². The average molecular weight is 269 g/mol. The van der Waals surface area contributed by atoms with Crippen LogP contribution in [-0.4, -0.2) is 19.1 Å². The van der Waals surface area contributed by atoms with Gasteiger partial charge in [-0.2, -0.15) is 0 Å². The molecule has 0 spiro atoms. The zero-order valence-corrected chi connectivity index (χ0v) is 10.9. The van der Waals surface area contributed by atoms with Crippen LogP contribution in [0.5, 0.6) is 5.75 Å². The van der Waals surface area contributed by atoms with Crippen molar-refractivity contribution in [1.29, 1.82) is 0 Å². The fourth-order valence-electron chi connectivity index (χ4n) is 2.22. The van der Waals surface area contributed by atoms with Crippen LogP contribution in [0.3, 0.4) is 0 Å². The Labute approximate surface area is 117 Å². The smallest absolute Gasteiger partial charge is 0.244 e. The molecule has 1 aromatic carbocycles. The van der Waals surface area contributed by atoms with Crippen LogP contribution >= 0.6 is 0 Å². The van der Waals surface area contributed by atoms with Crippen molar-refractivity contribution in [3.8, 4) is 5.75 Å². The maximum absolute atomic E-state index is 11.7. The molecule has 4 nitrogen and oxygen atoms in total. The summed E-state index contributed by atoms with van der Waals surface area (Å²) >= 11 is 0. The van der Waals surface area contributed by atoms with Gasteiger partial charge >= 0.3 is 0 Å². The monoisotopic (exact) mass is 269 g/mol. The van der Waals surface area contributed by atoms with Crippen molar-refractivity contribution in [1.82, 2.24) is 5.32 Å². The van der Waals surface area contributed by atoms with Crippen molar-refractivity contribution in [2.45, 2.75) is 5.92 Å². The minimum Gasteiger partial charge on any atom is -0.493 e. The molecule has 20 heavy (non-hydrogen) atoms. The van der Waals surface area contributed by atoms with Crippen molar-refractivity contribution < 1.29 is 13.9 Å². The van der Waals surface area contributed by atoms with Gasteiger partial charge in [0.2, 0.25) is 5.91 Å². The van der Waals surface area contributed by atoms with Crippen molar-refractivity contribution in [3.63, 3.8) is 0 Å². The molecule has 2 heterocycles. The van der Waals surface area contributed by atoms with Gasteiger partial charge in [-0.1, -0.05) is 18.2 Å². The molecule has 0 fully saturated rings. The van der Waals surface area contributed by atoms with Gasteiger partial charge in [-0.25, -0.2) is 0 Å². The van der Waals surface area contributed by atoms with Crippen molar-refractivity contribution in [2.75, 3.05) is 13.2 Å². The maximum atomic E-state index is 11.7. The molecular formula is C16H15NO3. The zero-order valence-electron chi connectivity index (χ0n) is 10.9. The quantitative estimate of drug-likeness (QED) is 0.868. The van der Waals surface area contributed by atoms with Crippen molar-refractivity contribution in [3.05, 3.63) is 60.1 Å². The van der Waals surface area contributed by atoms with Gasteiger partial charge in [-0.3, -0.25) is 4.79 Å². The highest BCUT2D eigenvalue weighted by molar-refractivity contribution is 5.91. The third-order valence-corrected chi connectivity index (χ3v) is 3.26. The summed E-state index contributed by atoms with van der Waals surface area (Å²) in [6.45, 7) is 1.18. The third kappa shape index (κ3) is 2.74. The number of hydrogen-bond donors (Lipinski definition) is 1. The highest BCUT2D eigenvalue weighted by Gasteiger charge is 2.23. The molecular weight excluding hydrogens is 254 g/mol. The van der Waals surface area contributed by atoms with Crippen LogP contribution in [-0.2, 0) is 4.79 Å². The minimum atomic E-state index is -0.134. The second-order valence-corrected chi connectivity index (χ2v) is 4.64. The molecule has 1 atom stereocenters. The lowest BCUT2D eigenvalue weighted by Crippen LogP contribution is -2.27. The molecule has 0 unspecified atom stereocenters. The number of benzene rings is 1. The number of furan rings is 1. The van der Waals surface area contributed by atoms with Crippen LogP contribution in [0.25, 0.3) is 6.08 Å². The van der Waals surface area contributed by atoms with E-state index in [2.05, 4.69) is 5.32 Å². The number of nitrogens with one attached hydrogen (secondary N) is 1. The van der Waals surface area contributed by atoms with E-state index in [4.69, 9.17) is 9.15 Å². The summed E-state index contributed by atoms with van der Waals surface area (Å²) in [6, 6.07) is 11.5. The first-order valence-corrected chi connectivity index (χ1v) is 6.54. The van der Waals surface area contributed by atoms with Gasteiger partial charge in [0.05, 0.1) is 12.9 Å². The molecule has 0 saturated carbocycles. The number of para-hydroxylation sites is 1. The molecule has 0 saturated heterocycles. The number of amides is 1. The summed E-state index contributed by atoms with van der Waals surface area (Å²) in [5, 5.41) is 2.88. The number of carbonyl (C=O) groups excluding carboxylic acids is 1. The minimum absolute atomic E-state index is 0.134. The molecule has 1 aromatic heterocycles. The van der Waals surface area contributed by atoms with Gasteiger partial charge in [-0.15, -0.1) is 0 Å². The van der Waals surface area contributed by atoms with Gasteiger partial charge < -0.3 is 14.5 Å². The number of carbonyl (C=O) groups is 1. The predicted molar refractivity (Wildman–Crippen MR) is 75.4 cm³/mol. The Bertz CT molecular complexity index is 616. The van der Waals surface area contributed by atoms with E-state index < -0.39 is 0 Å². The molecule has 1 amide bonds. The van der Waals surface area contributed by atoms with Crippen LogP contribution in [0.1, 0.15) is 17.2 Å². The SMILES string of the molecule is O=C(/C=C/c1ccco1)NC[C@@H]1COc2ccccc21. The van der Waals surface area contributed by atoms with E-state index in [0.717, 1.165) is 11.3 Å². The summed E-state index contributed by atoms with van der Waals surface area (Å²) < 4.78 is 10.7. The Morgan fingerprint density at radius 3 is 3.05 bits per heavy atom. The molecule has 4 heteroatoms. The largest absolute Gasteiger partial charge is 0.493 e. The summed E-state index contributed by atoms with van der Waals surface area (Å²) in [4.78, 5) is 11.7. The van der Waals surface area contributed by atoms with Gasteiger partial charge in [0.1, 0.15) is 11.5 Å². The first kappa shape index (κ1) is 12.5. The summed E-state index contributed by atoms with van der Waals surface area (Å²) in [5.41, 5.74) is 1.16. The molecule has 0 bridgehead atoms. The van der Waals surface area contributed by atoms with Crippen LogP contribution in [0.15, 0.2) is 53.2 Å². The number of rotatable bonds is 4. The van der Waals surface area contributed by atoms with E-state index in [0.29, 0.717) is 18.9 Å². The molecule has 3 rings (SSSR count). The van der Waals surface area contributed by atoms with Gasteiger partial charge in [0.15, 0.2) is 0 Å². The van der Waals surface area contributed by atoms with Crippen molar-refractivity contribution in [2.24, 2.45) is 0 Å². The van der Waals surface area contributed by atoms with Crippen LogP contribution in [0, 0.1) is 0 Å². The second-order valence-electron chi connectivity index (χ2n) is 4.64. The predicted octanol–water partition coefficient (Wildman–Crippen LogP) is 2.59. The molecule has 1 aliphatic heterocycles. The standard InChI is InChI=1S/C16H15NO3/c18-16(8-7-13-4-3-9-19-13)17-10-12-11-20-15-6-2-1-5-14(12)15/h1-9,12H,10-11H2,(H,17,18)/b8-7+/t12-/m1/s1. The van der Waals surface area contributed by atoms with E-state index in [1.54, 1.807) is 24.5 Å². The summed E-state index contributed by atoms with van der Waals surface area (Å²) in [7, 11) is 0. The highest BCUT2D eigenvalue weighted by atomic mass is 16.5. The first-order valence-electron chi connectivity index (χ1n) is 6.54. The molecule has 0 radical (unpaired) electrons. The van der Waals surface area contributed by atoms with Crippen molar-refractivity contribution >= 4 is 12.0 Å². The fraction of sp³-hybridized carbons (Fsp3) is 0.188. The highest BCUT2D eigenvalue weighted by Crippen LogP contribution is 2.32. The lowest BCUT2D eigenvalue weighted by Gasteiger charge is -2.08.